The Morgan fingerprint density at radius 3 is 2.30 bits per heavy atom. The number of benzene rings is 1. The Kier molecular flexibility index (Phi) is 4.65. The van der Waals surface area contributed by atoms with Crippen LogP contribution >= 0.6 is 0 Å². The van der Waals surface area contributed by atoms with Crippen LogP contribution in [0.1, 0.15) is 20.3 Å². The van der Waals surface area contributed by atoms with Crippen molar-refractivity contribution < 1.29 is 9.53 Å². The molecule has 4 nitrogen and oxygen atoms in total. The summed E-state index contributed by atoms with van der Waals surface area (Å²) >= 11 is 0. The van der Waals surface area contributed by atoms with Gasteiger partial charge in [0.1, 0.15) is 5.54 Å². The number of hydrogen-bond acceptors (Lipinski definition) is 4. The van der Waals surface area contributed by atoms with Gasteiger partial charge in [0.25, 0.3) is 0 Å². The van der Waals surface area contributed by atoms with E-state index in [-0.39, 0.29) is 5.97 Å². The fourth-order valence-corrected chi connectivity index (χ4v) is 2.81. The molecule has 1 aliphatic rings. The Labute approximate surface area is 121 Å². The molecule has 1 saturated heterocycles. The monoisotopic (exact) mass is 276 g/mol. The lowest BCUT2D eigenvalue weighted by molar-refractivity contribution is -0.155. The predicted molar refractivity (Wildman–Crippen MR) is 80.9 cm³/mol. The molecule has 0 spiro atoms. The van der Waals surface area contributed by atoms with E-state index in [9.17, 15) is 4.79 Å². The predicted octanol–water partition coefficient (Wildman–Crippen LogP) is 2.15. The van der Waals surface area contributed by atoms with Crippen LogP contribution in [-0.2, 0) is 9.53 Å². The van der Waals surface area contributed by atoms with Gasteiger partial charge in [0.2, 0.25) is 0 Å². The molecule has 0 N–H and O–H groups in total. The summed E-state index contributed by atoms with van der Waals surface area (Å²) in [7, 11) is 1.47. The molecule has 0 saturated carbocycles. The molecule has 1 fully saturated rings. The maximum Gasteiger partial charge on any atom is 0.325 e. The first-order chi connectivity index (χ1) is 9.61. The molecule has 0 bridgehead atoms. The maximum atomic E-state index is 12.0. The van der Waals surface area contributed by atoms with Crippen molar-refractivity contribution in [2.45, 2.75) is 25.8 Å². The Morgan fingerprint density at radius 1 is 1.20 bits per heavy atom. The standard InChI is InChI=1S/C16H24N2O2/c1-4-16(2,15(19)20-3)18-12-10-17(11-13-18)14-8-6-5-7-9-14/h5-9H,4,10-13H2,1-3H3/t16-/m1/s1. The van der Waals surface area contributed by atoms with E-state index in [2.05, 4.69) is 34.1 Å². The fraction of sp³-hybridized carbons (Fsp3) is 0.562. The Hall–Kier alpha value is -1.55. The molecule has 0 unspecified atom stereocenters. The Morgan fingerprint density at radius 2 is 1.80 bits per heavy atom. The molecule has 1 aromatic carbocycles. The lowest BCUT2D eigenvalue weighted by atomic mass is 9.95. The summed E-state index contributed by atoms with van der Waals surface area (Å²) in [5, 5.41) is 0. The number of ether oxygens (including phenoxy) is 1. The van der Waals surface area contributed by atoms with Gasteiger partial charge in [-0.25, -0.2) is 0 Å². The number of hydrogen-bond donors (Lipinski definition) is 0. The second-order valence-corrected chi connectivity index (χ2v) is 5.43. The minimum atomic E-state index is -0.502. The molecule has 0 radical (unpaired) electrons. The highest BCUT2D eigenvalue weighted by molar-refractivity contribution is 5.80. The second-order valence-electron chi connectivity index (χ2n) is 5.43. The third-order valence-corrected chi connectivity index (χ3v) is 4.41. The first-order valence-electron chi connectivity index (χ1n) is 7.25. The van der Waals surface area contributed by atoms with Crippen LogP contribution in [0.4, 0.5) is 5.69 Å². The van der Waals surface area contributed by atoms with Crippen LogP contribution in [-0.4, -0.2) is 49.7 Å². The summed E-state index contributed by atoms with van der Waals surface area (Å²) < 4.78 is 4.98. The van der Waals surface area contributed by atoms with Gasteiger partial charge in [-0.05, 0) is 25.5 Å². The summed E-state index contributed by atoms with van der Waals surface area (Å²) in [6, 6.07) is 10.4. The normalized spacial score (nSPS) is 19.4. The average molecular weight is 276 g/mol. The summed E-state index contributed by atoms with van der Waals surface area (Å²) in [6.07, 6.45) is 0.769. The first-order valence-corrected chi connectivity index (χ1v) is 7.25. The van der Waals surface area contributed by atoms with Gasteiger partial charge >= 0.3 is 5.97 Å². The Balaban J connectivity index is 2.02. The van der Waals surface area contributed by atoms with Gasteiger partial charge in [-0.2, -0.15) is 0 Å². The largest absolute Gasteiger partial charge is 0.468 e. The summed E-state index contributed by atoms with van der Waals surface area (Å²) in [5.74, 6) is -0.131. The van der Waals surface area contributed by atoms with Crippen LogP contribution in [0.25, 0.3) is 0 Å². The average Bonchev–Trinajstić information content (AvgIpc) is 2.54. The molecule has 4 heteroatoms. The fourth-order valence-electron chi connectivity index (χ4n) is 2.81. The van der Waals surface area contributed by atoms with Crippen molar-refractivity contribution in [1.82, 2.24) is 4.90 Å². The van der Waals surface area contributed by atoms with E-state index in [1.54, 1.807) is 0 Å². The van der Waals surface area contributed by atoms with Crippen molar-refractivity contribution in [2.75, 3.05) is 38.2 Å². The summed E-state index contributed by atoms with van der Waals surface area (Å²) in [5.41, 5.74) is 0.751. The van der Waals surface area contributed by atoms with Crippen LogP contribution in [0.15, 0.2) is 30.3 Å². The van der Waals surface area contributed by atoms with Crippen LogP contribution in [0.5, 0.6) is 0 Å². The number of carbonyl (C=O) groups is 1. The molecule has 0 aromatic heterocycles. The van der Waals surface area contributed by atoms with Gasteiger partial charge in [0.05, 0.1) is 7.11 Å². The van der Waals surface area contributed by atoms with E-state index >= 15 is 0 Å². The van der Waals surface area contributed by atoms with Crippen molar-refractivity contribution in [2.24, 2.45) is 0 Å². The van der Waals surface area contributed by atoms with Gasteiger partial charge in [-0.3, -0.25) is 9.69 Å². The molecule has 110 valence electrons. The highest BCUT2D eigenvalue weighted by atomic mass is 16.5. The zero-order valence-corrected chi connectivity index (χ0v) is 12.6. The van der Waals surface area contributed by atoms with Crippen LogP contribution in [0.2, 0.25) is 0 Å². The van der Waals surface area contributed by atoms with Crippen molar-refractivity contribution >= 4 is 11.7 Å². The van der Waals surface area contributed by atoms with Crippen molar-refractivity contribution in [3.8, 4) is 0 Å². The van der Waals surface area contributed by atoms with Crippen molar-refractivity contribution in [1.29, 1.82) is 0 Å². The SMILES string of the molecule is CC[C@](C)(C(=O)OC)N1CCN(c2ccccc2)CC1. The van der Waals surface area contributed by atoms with E-state index in [0.29, 0.717) is 0 Å². The second kappa shape index (κ2) is 6.27. The molecular weight excluding hydrogens is 252 g/mol. The van der Waals surface area contributed by atoms with E-state index < -0.39 is 5.54 Å². The minimum Gasteiger partial charge on any atom is -0.468 e. The topological polar surface area (TPSA) is 32.8 Å². The van der Waals surface area contributed by atoms with Gasteiger partial charge < -0.3 is 9.64 Å². The number of nitrogens with zero attached hydrogens (tertiary/aromatic N) is 2. The number of esters is 1. The van der Waals surface area contributed by atoms with Crippen LogP contribution < -0.4 is 4.90 Å². The zero-order chi connectivity index (χ0) is 14.6. The van der Waals surface area contributed by atoms with E-state index in [4.69, 9.17) is 4.74 Å². The molecule has 1 atom stereocenters. The molecule has 2 rings (SSSR count). The lowest BCUT2D eigenvalue weighted by Crippen LogP contribution is -2.59. The Bertz CT molecular complexity index is 441. The van der Waals surface area contributed by atoms with E-state index in [1.165, 1.54) is 12.8 Å². The number of methoxy groups -OCH3 is 1. The van der Waals surface area contributed by atoms with Gasteiger partial charge in [-0.1, -0.05) is 25.1 Å². The molecule has 20 heavy (non-hydrogen) atoms. The molecular formula is C16H24N2O2. The van der Waals surface area contributed by atoms with Crippen molar-refractivity contribution in [3.05, 3.63) is 30.3 Å². The first kappa shape index (κ1) is 14.9. The smallest absolute Gasteiger partial charge is 0.325 e. The van der Waals surface area contributed by atoms with Crippen LogP contribution in [0.3, 0.4) is 0 Å². The third-order valence-electron chi connectivity index (χ3n) is 4.41. The lowest BCUT2D eigenvalue weighted by Gasteiger charge is -2.44. The highest BCUT2D eigenvalue weighted by Gasteiger charge is 2.40. The molecule has 1 aliphatic heterocycles. The number of rotatable bonds is 4. The van der Waals surface area contributed by atoms with Gasteiger partial charge in [-0.15, -0.1) is 0 Å². The molecule has 1 heterocycles. The zero-order valence-electron chi connectivity index (χ0n) is 12.6. The minimum absolute atomic E-state index is 0.131. The number of carbonyl (C=O) groups excluding carboxylic acids is 1. The third kappa shape index (κ3) is 2.80. The van der Waals surface area contributed by atoms with E-state index in [1.807, 2.05) is 19.9 Å². The molecule has 0 amide bonds. The number of anilines is 1. The van der Waals surface area contributed by atoms with E-state index in [0.717, 1.165) is 32.6 Å². The summed E-state index contributed by atoms with van der Waals surface area (Å²) in [6.45, 7) is 7.67. The van der Waals surface area contributed by atoms with Crippen molar-refractivity contribution in [3.63, 3.8) is 0 Å². The maximum absolute atomic E-state index is 12.0. The summed E-state index contributed by atoms with van der Waals surface area (Å²) in [4.78, 5) is 16.7. The van der Waals surface area contributed by atoms with Crippen LogP contribution in [0, 0.1) is 0 Å². The van der Waals surface area contributed by atoms with Gasteiger partial charge in [0.15, 0.2) is 0 Å². The number of para-hydroxylation sites is 1. The highest BCUT2D eigenvalue weighted by Crippen LogP contribution is 2.24. The van der Waals surface area contributed by atoms with Gasteiger partial charge in [0, 0.05) is 31.9 Å². The number of piperazine rings is 1. The quantitative estimate of drug-likeness (QED) is 0.789. The molecule has 1 aromatic rings. The molecule has 0 aliphatic carbocycles.